The van der Waals surface area contributed by atoms with Crippen molar-refractivity contribution in [1.29, 1.82) is 0 Å². The van der Waals surface area contributed by atoms with Gasteiger partial charge in [0.15, 0.2) is 4.34 Å². The Hall–Kier alpha value is -0.330. The Balaban J connectivity index is 2.69. The lowest BCUT2D eigenvalue weighted by molar-refractivity contribution is 0.721. The lowest BCUT2D eigenvalue weighted by Crippen LogP contribution is -2.26. The molecule has 14 heavy (non-hydrogen) atoms. The minimum absolute atomic E-state index is 0.0309. The minimum Gasteiger partial charge on any atom is -0.353 e. The van der Waals surface area contributed by atoms with E-state index in [9.17, 15) is 0 Å². The van der Waals surface area contributed by atoms with Crippen LogP contribution in [-0.2, 0) is 0 Å². The summed E-state index contributed by atoms with van der Waals surface area (Å²) in [5, 5.41) is 9.10. The second kappa shape index (κ2) is 4.46. The third-order valence-electron chi connectivity index (χ3n) is 1.63. The first-order valence-electron chi connectivity index (χ1n) is 4.34. The van der Waals surface area contributed by atoms with Crippen LogP contribution in [0.5, 0.6) is 0 Å². The van der Waals surface area contributed by atoms with Crippen molar-refractivity contribution in [3.63, 3.8) is 0 Å². The van der Waals surface area contributed by atoms with Gasteiger partial charge < -0.3 is 10.6 Å². The number of aromatic nitrogens is 2. The van der Waals surface area contributed by atoms with Gasteiger partial charge >= 0.3 is 0 Å². The number of hydrogen-bond donors (Lipinski definition) is 1. The molecule has 2 N–H and O–H groups in total. The maximum absolute atomic E-state index is 5.65. The summed E-state index contributed by atoms with van der Waals surface area (Å²) in [5.74, 6) is 0. The van der Waals surface area contributed by atoms with E-state index in [0.717, 1.165) is 9.47 Å². The summed E-state index contributed by atoms with van der Waals surface area (Å²) in [5.41, 5.74) is 5.65. The largest absolute Gasteiger partial charge is 0.353 e. The molecular weight excluding hydrogens is 216 g/mol. The first-order valence-corrected chi connectivity index (χ1v) is 5.98. The van der Waals surface area contributed by atoms with E-state index in [4.69, 9.17) is 5.73 Å². The molecule has 0 amide bonds. The van der Waals surface area contributed by atoms with Crippen LogP contribution in [0, 0.1) is 0 Å². The summed E-state index contributed by atoms with van der Waals surface area (Å²) in [4.78, 5) is 1.96. The van der Waals surface area contributed by atoms with Crippen molar-refractivity contribution in [3.8, 4) is 0 Å². The van der Waals surface area contributed by atoms with Crippen LogP contribution < -0.4 is 10.6 Å². The molecule has 0 fully saturated rings. The summed E-state index contributed by atoms with van der Waals surface area (Å²) in [6.45, 7) is 4.84. The van der Waals surface area contributed by atoms with Crippen molar-refractivity contribution < 1.29 is 0 Å². The highest BCUT2D eigenvalue weighted by atomic mass is 32.2. The average molecular weight is 232 g/mol. The number of rotatable bonds is 4. The van der Waals surface area contributed by atoms with Crippen molar-refractivity contribution in [2.24, 2.45) is 5.73 Å². The summed E-state index contributed by atoms with van der Waals surface area (Å²) in [6.07, 6.45) is 0. The SMILES string of the molecule is CN(C)c1nnc(SC(C)(C)CN)s1. The molecule has 1 rings (SSSR count). The summed E-state index contributed by atoms with van der Waals surface area (Å²) in [6, 6.07) is 0. The van der Waals surface area contributed by atoms with E-state index in [-0.39, 0.29) is 4.75 Å². The van der Waals surface area contributed by atoms with E-state index in [0.29, 0.717) is 6.54 Å². The Kier molecular flexibility index (Phi) is 3.74. The topological polar surface area (TPSA) is 55.0 Å². The molecule has 0 aliphatic carbocycles. The van der Waals surface area contributed by atoms with Gasteiger partial charge in [-0.15, -0.1) is 10.2 Å². The highest BCUT2D eigenvalue weighted by Gasteiger charge is 2.20. The Bertz CT molecular complexity index is 295. The van der Waals surface area contributed by atoms with Gasteiger partial charge in [0.1, 0.15) is 0 Å². The normalized spacial score (nSPS) is 11.8. The maximum atomic E-state index is 5.65. The predicted octanol–water partition coefficient (Wildman–Crippen LogP) is 1.43. The maximum Gasteiger partial charge on any atom is 0.208 e. The third-order valence-corrected chi connectivity index (χ3v) is 3.99. The Labute approximate surface area is 92.9 Å². The molecule has 0 aromatic carbocycles. The van der Waals surface area contributed by atoms with Crippen molar-refractivity contribution in [3.05, 3.63) is 0 Å². The van der Waals surface area contributed by atoms with Gasteiger partial charge in [0, 0.05) is 25.4 Å². The molecule has 0 saturated heterocycles. The summed E-state index contributed by atoms with van der Waals surface area (Å²) in [7, 11) is 3.92. The van der Waals surface area contributed by atoms with E-state index < -0.39 is 0 Å². The molecule has 1 aromatic heterocycles. The molecule has 1 aromatic rings. The zero-order valence-electron chi connectivity index (χ0n) is 8.94. The standard InChI is InChI=1S/C8H16N4S2/c1-8(2,5-9)14-7-11-10-6(13-7)12(3)4/h5,9H2,1-4H3. The highest BCUT2D eigenvalue weighted by Crippen LogP contribution is 2.35. The molecular formula is C8H16N4S2. The van der Waals surface area contributed by atoms with E-state index in [2.05, 4.69) is 24.0 Å². The van der Waals surface area contributed by atoms with Crippen LogP contribution in [0.4, 0.5) is 5.13 Å². The van der Waals surface area contributed by atoms with Gasteiger partial charge in [-0.2, -0.15) is 0 Å². The number of hydrogen-bond acceptors (Lipinski definition) is 6. The first-order chi connectivity index (χ1) is 6.44. The fourth-order valence-corrected chi connectivity index (χ4v) is 2.91. The smallest absolute Gasteiger partial charge is 0.208 e. The van der Waals surface area contributed by atoms with Crippen LogP contribution in [0.25, 0.3) is 0 Å². The summed E-state index contributed by atoms with van der Waals surface area (Å²) < 4.78 is 1.01. The van der Waals surface area contributed by atoms with Crippen LogP contribution in [0.15, 0.2) is 4.34 Å². The minimum atomic E-state index is 0.0309. The molecule has 0 aliphatic heterocycles. The number of thioether (sulfide) groups is 1. The molecule has 0 bridgehead atoms. The second-order valence-corrected chi connectivity index (χ2v) is 6.72. The fraction of sp³-hybridized carbons (Fsp3) is 0.750. The third kappa shape index (κ3) is 3.11. The highest BCUT2D eigenvalue weighted by molar-refractivity contribution is 8.02. The van der Waals surface area contributed by atoms with Crippen molar-refractivity contribution in [2.45, 2.75) is 22.9 Å². The van der Waals surface area contributed by atoms with Crippen molar-refractivity contribution >= 4 is 28.2 Å². The fourth-order valence-electron chi connectivity index (χ4n) is 0.703. The molecule has 0 unspecified atom stereocenters. The van der Waals surface area contributed by atoms with E-state index in [1.807, 2.05) is 19.0 Å². The van der Waals surface area contributed by atoms with Gasteiger partial charge in [0.2, 0.25) is 5.13 Å². The van der Waals surface area contributed by atoms with Gasteiger partial charge in [-0.3, -0.25) is 0 Å². The van der Waals surface area contributed by atoms with Gasteiger partial charge in [-0.05, 0) is 13.8 Å². The van der Waals surface area contributed by atoms with Gasteiger partial charge in [0.05, 0.1) is 0 Å². The monoisotopic (exact) mass is 232 g/mol. The predicted molar refractivity (Wildman–Crippen MR) is 63.2 cm³/mol. The van der Waals surface area contributed by atoms with Crippen LogP contribution >= 0.6 is 23.1 Å². The van der Waals surface area contributed by atoms with Crippen molar-refractivity contribution in [1.82, 2.24) is 10.2 Å². The lowest BCUT2D eigenvalue weighted by Gasteiger charge is -2.18. The number of nitrogens with zero attached hydrogens (tertiary/aromatic N) is 3. The molecule has 0 saturated carbocycles. The van der Waals surface area contributed by atoms with Crippen LogP contribution in [-0.4, -0.2) is 35.6 Å². The Morgan fingerprint density at radius 2 is 2.07 bits per heavy atom. The second-order valence-electron chi connectivity index (χ2n) is 3.81. The van der Waals surface area contributed by atoms with Gasteiger partial charge in [-0.25, -0.2) is 0 Å². The molecule has 6 heteroatoms. The molecule has 0 spiro atoms. The van der Waals surface area contributed by atoms with Crippen LogP contribution in [0.2, 0.25) is 0 Å². The Morgan fingerprint density at radius 1 is 1.43 bits per heavy atom. The van der Waals surface area contributed by atoms with Crippen LogP contribution in [0.1, 0.15) is 13.8 Å². The molecule has 80 valence electrons. The zero-order valence-corrected chi connectivity index (χ0v) is 10.6. The Morgan fingerprint density at radius 3 is 2.50 bits per heavy atom. The first kappa shape index (κ1) is 11.7. The van der Waals surface area contributed by atoms with Gasteiger partial charge in [0.25, 0.3) is 0 Å². The van der Waals surface area contributed by atoms with Gasteiger partial charge in [-0.1, -0.05) is 23.1 Å². The molecule has 4 nitrogen and oxygen atoms in total. The van der Waals surface area contributed by atoms with E-state index in [1.165, 1.54) is 0 Å². The van der Waals surface area contributed by atoms with E-state index >= 15 is 0 Å². The number of anilines is 1. The van der Waals surface area contributed by atoms with Crippen molar-refractivity contribution in [2.75, 3.05) is 25.5 Å². The summed E-state index contributed by atoms with van der Waals surface area (Å²) >= 11 is 3.27. The number of nitrogens with two attached hydrogens (primary N) is 1. The quantitative estimate of drug-likeness (QED) is 0.796. The zero-order chi connectivity index (χ0) is 10.8. The average Bonchev–Trinajstić information content (AvgIpc) is 2.52. The molecule has 1 heterocycles. The molecule has 0 radical (unpaired) electrons. The lowest BCUT2D eigenvalue weighted by atomic mass is 10.2. The molecule has 0 atom stereocenters. The van der Waals surface area contributed by atoms with Crippen LogP contribution in [0.3, 0.4) is 0 Å². The van der Waals surface area contributed by atoms with E-state index in [1.54, 1.807) is 23.1 Å². The molecule has 0 aliphatic rings.